The number of quaternary nitrogens is 1. The summed E-state index contributed by atoms with van der Waals surface area (Å²) in [7, 11) is 0. The summed E-state index contributed by atoms with van der Waals surface area (Å²) in [6.45, 7) is 4.52. The Morgan fingerprint density at radius 3 is 2.52 bits per heavy atom. The number of Topliss-reactive ketones (excluding diaryl/α,β-unsaturated/α-hetero) is 1. The van der Waals surface area contributed by atoms with Gasteiger partial charge in [0, 0.05) is 41.2 Å². The van der Waals surface area contributed by atoms with E-state index in [1.54, 1.807) is 12.3 Å². The lowest BCUT2D eigenvalue weighted by Gasteiger charge is -2.29. The van der Waals surface area contributed by atoms with Gasteiger partial charge in [0.05, 0.1) is 13.1 Å². The number of benzene rings is 1. The van der Waals surface area contributed by atoms with E-state index in [1.165, 1.54) is 17.4 Å². The summed E-state index contributed by atoms with van der Waals surface area (Å²) >= 11 is 5.92. The second-order valence-electron chi connectivity index (χ2n) is 6.66. The number of carbonyl (C=O) groups is 2. The average Bonchev–Trinajstić information content (AvgIpc) is 3.09. The lowest BCUT2D eigenvalue weighted by Crippen LogP contribution is -3.12. The van der Waals surface area contributed by atoms with Crippen LogP contribution in [-0.4, -0.2) is 35.8 Å². The molecule has 5 nitrogen and oxygen atoms in total. The van der Waals surface area contributed by atoms with Crippen molar-refractivity contribution in [1.82, 2.24) is 10.3 Å². The number of ketones is 1. The summed E-state index contributed by atoms with van der Waals surface area (Å²) < 4.78 is 0. The highest BCUT2D eigenvalue weighted by Gasteiger charge is 2.24. The molecule has 1 aliphatic heterocycles. The third-order valence-corrected chi connectivity index (χ3v) is 4.98. The minimum Gasteiger partial charge on any atom is -0.356 e. The molecule has 132 valence electrons. The highest BCUT2D eigenvalue weighted by Crippen LogP contribution is 2.10. The first-order valence-electron chi connectivity index (χ1n) is 8.59. The normalized spacial score (nSPS) is 20.2. The van der Waals surface area contributed by atoms with Crippen LogP contribution in [-0.2, 0) is 6.54 Å². The first kappa shape index (κ1) is 17.7. The first-order valence-corrected chi connectivity index (χ1v) is 8.97. The van der Waals surface area contributed by atoms with Gasteiger partial charge in [-0.25, -0.2) is 0 Å². The van der Waals surface area contributed by atoms with E-state index in [2.05, 4.69) is 22.4 Å². The zero-order valence-corrected chi connectivity index (χ0v) is 15.0. The second kappa shape index (κ2) is 7.85. The summed E-state index contributed by atoms with van der Waals surface area (Å²) in [5.74, 6) is -0.187. The zero-order valence-electron chi connectivity index (χ0n) is 14.3. The van der Waals surface area contributed by atoms with Gasteiger partial charge in [-0.05, 0) is 25.1 Å². The molecule has 1 aliphatic rings. The van der Waals surface area contributed by atoms with Crippen LogP contribution in [0, 0.1) is 0 Å². The zero-order chi connectivity index (χ0) is 17.8. The highest BCUT2D eigenvalue weighted by molar-refractivity contribution is 6.30. The van der Waals surface area contributed by atoms with Gasteiger partial charge in [0.15, 0.2) is 5.78 Å². The van der Waals surface area contributed by atoms with E-state index >= 15 is 0 Å². The quantitative estimate of drug-likeness (QED) is 0.712. The number of nitrogens with one attached hydrogen (secondary N) is 3. The Bertz CT molecular complexity index is 746. The van der Waals surface area contributed by atoms with Crippen molar-refractivity contribution in [3.63, 3.8) is 0 Å². The number of aromatic amines is 1. The summed E-state index contributed by atoms with van der Waals surface area (Å²) in [4.78, 5) is 28.0. The van der Waals surface area contributed by atoms with Crippen LogP contribution in [0.1, 0.15) is 46.2 Å². The number of hydrogen-bond acceptors (Lipinski definition) is 2. The molecule has 2 aromatic rings. The van der Waals surface area contributed by atoms with Gasteiger partial charge < -0.3 is 15.2 Å². The second-order valence-corrected chi connectivity index (χ2v) is 7.10. The number of rotatable bonds is 5. The maximum Gasteiger partial charge on any atom is 0.267 e. The summed E-state index contributed by atoms with van der Waals surface area (Å²) in [5, 5.41) is 3.83. The molecule has 1 aromatic carbocycles. The maximum atomic E-state index is 12.3. The molecule has 3 rings (SSSR count). The standard InChI is InChI=1S/C19H22ClN3O2/c1-13(24)15-10-18(21-11-15)19(25)22-17-6-8-23(9-7-17)12-14-2-4-16(20)5-3-14/h2-5,10-11,17,21H,6-9,12H2,1H3,(H,22,25)/p+1. The molecule has 0 aliphatic carbocycles. The Morgan fingerprint density at radius 2 is 1.92 bits per heavy atom. The number of aromatic nitrogens is 1. The Balaban J connectivity index is 1.47. The van der Waals surface area contributed by atoms with E-state index in [4.69, 9.17) is 11.6 Å². The average molecular weight is 361 g/mol. The van der Waals surface area contributed by atoms with E-state index in [-0.39, 0.29) is 17.7 Å². The van der Waals surface area contributed by atoms with Gasteiger partial charge in [-0.1, -0.05) is 23.7 Å². The molecule has 25 heavy (non-hydrogen) atoms. The smallest absolute Gasteiger partial charge is 0.267 e. The van der Waals surface area contributed by atoms with Crippen molar-refractivity contribution >= 4 is 23.3 Å². The molecular formula is C19H23ClN3O2+. The fourth-order valence-corrected chi connectivity index (χ4v) is 3.36. The van der Waals surface area contributed by atoms with Gasteiger partial charge >= 0.3 is 0 Å². The highest BCUT2D eigenvalue weighted by atomic mass is 35.5. The van der Waals surface area contributed by atoms with E-state index in [0.29, 0.717) is 11.3 Å². The molecule has 1 saturated heterocycles. The molecule has 6 heteroatoms. The van der Waals surface area contributed by atoms with Crippen LogP contribution in [0.4, 0.5) is 0 Å². The molecule has 1 fully saturated rings. The van der Waals surface area contributed by atoms with Crippen LogP contribution in [0.25, 0.3) is 0 Å². The van der Waals surface area contributed by atoms with Crippen molar-refractivity contribution in [2.24, 2.45) is 0 Å². The Kier molecular flexibility index (Phi) is 5.56. The topological polar surface area (TPSA) is 66.4 Å². The van der Waals surface area contributed by atoms with E-state index in [1.807, 2.05) is 12.1 Å². The Labute approximate surface area is 152 Å². The Hall–Kier alpha value is -2.11. The van der Waals surface area contributed by atoms with Crippen molar-refractivity contribution in [2.45, 2.75) is 32.4 Å². The van der Waals surface area contributed by atoms with Crippen LogP contribution >= 0.6 is 11.6 Å². The fraction of sp³-hybridized carbons (Fsp3) is 0.368. The van der Waals surface area contributed by atoms with E-state index in [9.17, 15) is 9.59 Å². The molecule has 2 heterocycles. The SMILES string of the molecule is CC(=O)c1c[nH]c(C(=O)NC2CC[NH+](Cc3ccc(Cl)cc3)CC2)c1. The molecule has 1 amide bonds. The predicted molar refractivity (Wildman–Crippen MR) is 97.1 cm³/mol. The minimum atomic E-state index is -0.140. The molecular weight excluding hydrogens is 338 g/mol. The number of likely N-dealkylation sites (tertiary alicyclic amines) is 1. The fourth-order valence-electron chi connectivity index (χ4n) is 3.23. The van der Waals surface area contributed by atoms with Crippen LogP contribution in [0.2, 0.25) is 5.02 Å². The number of piperidine rings is 1. The number of amides is 1. The van der Waals surface area contributed by atoms with Crippen molar-refractivity contribution in [3.05, 3.63) is 58.4 Å². The van der Waals surface area contributed by atoms with Crippen LogP contribution in [0.5, 0.6) is 0 Å². The monoisotopic (exact) mass is 360 g/mol. The largest absolute Gasteiger partial charge is 0.356 e. The van der Waals surface area contributed by atoms with Gasteiger partial charge in [0.1, 0.15) is 12.2 Å². The van der Waals surface area contributed by atoms with Gasteiger partial charge in [0.2, 0.25) is 0 Å². The van der Waals surface area contributed by atoms with Gasteiger partial charge in [0.25, 0.3) is 5.91 Å². The molecule has 0 unspecified atom stereocenters. The van der Waals surface area contributed by atoms with Crippen LogP contribution in [0.3, 0.4) is 0 Å². The summed E-state index contributed by atoms with van der Waals surface area (Å²) in [5.41, 5.74) is 2.26. The molecule has 3 N–H and O–H groups in total. The first-order chi connectivity index (χ1) is 12.0. The van der Waals surface area contributed by atoms with Crippen LogP contribution < -0.4 is 10.2 Å². The van der Waals surface area contributed by atoms with Crippen molar-refractivity contribution < 1.29 is 14.5 Å². The number of carbonyl (C=O) groups excluding carboxylic acids is 2. The molecule has 0 spiro atoms. The van der Waals surface area contributed by atoms with Crippen molar-refractivity contribution in [1.29, 1.82) is 0 Å². The van der Waals surface area contributed by atoms with Gasteiger partial charge in [-0.3, -0.25) is 9.59 Å². The van der Waals surface area contributed by atoms with Gasteiger partial charge in [-0.2, -0.15) is 0 Å². The molecule has 1 aromatic heterocycles. The molecule has 0 atom stereocenters. The summed E-state index contributed by atoms with van der Waals surface area (Å²) in [6.07, 6.45) is 3.49. The van der Waals surface area contributed by atoms with Gasteiger partial charge in [-0.15, -0.1) is 0 Å². The molecule has 0 bridgehead atoms. The Morgan fingerprint density at radius 1 is 1.24 bits per heavy atom. The number of H-pyrrole nitrogens is 1. The number of halogens is 1. The third kappa shape index (κ3) is 4.71. The lowest BCUT2D eigenvalue weighted by molar-refractivity contribution is -0.918. The summed E-state index contributed by atoms with van der Waals surface area (Å²) in [6, 6.07) is 9.79. The maximum absolute atomic E-state index is 12.3. The van der Waals surface area contributed by atoms with E-state index in [0.717, 1.165) is 37.5 Å². The predicted octanol–water partition coefficient (Wildman–Crippen LogP) is 1.85. The lowest BCUT2D eigenvalue weighted by atomic mass is 10.0. The number of hydrogen-bond donors (Lipinski definition) is 3. The molecule has 0 saturated carbocycles. The van der Waals surface area contributed by atoms with Crippen LogP contribution in [0.15, 0.2) is 36.5 Å². The van der Waals surface area contributed by atoms with E-state index < -0.39 is 0 Å². The van der Waals surface area contributed by atoms with Crippen molar-refractivity contribution in [2.75, 3.05) is 13.1 Å². The molecule has 0 radical (unpaired) electrons. The minimum absolute atomic E-state index is 0.0468. The van der Waals surface area contributed by atoms with Crippen molar-refractivity contribution in [3.8, 4) is 0 Å². The third-order valence-electron chi connectivity index (χ3n) is 4.73.